The number of alkyl halides is 30. The highest BCUT2D eigenvalue weighted by Crippen LogP contribution is 2.69. The molecule has 47 heavy (non-hydrogen) atoms. The number of carbonyl (C=O) groups excluding carboxylic acids is 1. The monoisotopic (exact) mass is 779 g/mol. The first-order chi connectivity index (χ1) is 19.8. The molecule has 0 bridgehead atoms. The fourth-order valence-corrected chi connectivity index (χ4v) is 2.58. The average Bonchev–Trinajstić information content (AvgIpc) is 2.86. The van der Waals surface area contributed by atoms with Crippen molar-refractivity contribution in [1.82, 2.24) is 0 Å². The number of hydrogen-bond donors (Lipinski definition) is 0. The summed E-state index contributed by atoms with van der Waals surface area (Å²) in [5, 5.41) is 0. The van der Waals surface area contributed by atoms with Gasteiger partial charge in [-0.1, -0.05) is 0 Å². The maximum Gasteiger partial charge on any atom is 0.386 e. The van der Waals surface area contributed by atoms with E-state index in [1.165, 1.54) is 0 Å². The Morgan fingerprint density at radius 1 is 0.277 bits per heavy atom. The van der Waals surface area contributed by atoms with Gasteiger partial charge in [-0.15, -0.1) is 0 Å². The van der Waals surface area contributed by atoms with Gasteiger partial charge in [-0.05, 0) is 0 Å². The van der Waals surface area contributed by atoms with Crippen LogP contribution in [-0.4, -0.2) is 95.6 Å². The maximum atomic E-state index is 13.7. The van der Waals surface area contributed by atoms with Gasteiger partial charge in [0.2, 0.25) is 0 Å². The lowest BCUT2D eigenvalue weighted by Crippen LogP contribution is -2.79. The zero-order valence-electron chi connectivity index (χ0n) is 19.8. The molecule has 0 aromatic carbocycles. The summed E-state index contributed by atoms with van der Waals surface area (Å²) in [6.07, 6.45) is -8.04. The minimum atomic E-state index is -10.0. The Labute approximate surface area is 233 Å². The third kappa shape index (κ3) is 4.93. The molecule has 0 N–H and O–H groups in total. The molecule has 0 rings (SSSR count). The lowest BCUT2D eigenvalue weighted by atomic mass is 9.83. The van der Waals surface area contributed by atoms with E-state index in [-0.39, 0.29) is 0 Å². The molecule has 1 nitrogen and oxygen atoms in total. The fourth-order valence-electron chi connectivity index (χ4n) is 2.58. The van der Waals surface area contributed by atoms with Crippen LogP contribution in [0.15, 0.2) is 0 Å². The summed E-state index contributed by atoms with van der Waals surface area (Å²) in [6.45, 7) is 0. The van der Waals surface area contributed by atoms with Crippen molar-refractivity contribution in [3.8, 4) is 0 Å². The third-order valence-corrected chi connectivity index (χ3v) is 5.55. The zero-order valence-corrected chi connectivity index (χ0v) is 19.8. The Kier molecular flexibility index (Phi) is 10.2. The predicted octanol–water partition coefficient (Wildman–Crippen LogP) is 9.26. The number of hydrogen-bond acceptors (Lipinski definition) is 1. The summed E-state index contributed by atoms with van der Waals surface area (Å²) in [7, 11) is 0. The van der Waals surface area contributed by atoms with E-state index in [0.29, 0.717) is 0 Å². The van der Waals surface area contributed by atoms with Crippen LogP contribution in [-0.2, 0) is 4.79 Å². The molecular weight excluding hydrogens is 778 g/mol. The standard InChI is InChI=1S/C16HF30O/c17-2(18)4(21,22)6(25,26)8(29,30)10(33,34)12(37,38)14(41,42)16(45,46)15(43,44)13(39,40)11(35,36)9(31,32)7(27,28)5(23,24)3(19,20)1-47/h2H. The van der Waals surface area contributed by atoms with Crippen molar-refractivity contribution < 1.29 is 137 Å². The molecule has 0 spiro atoms. The Balaban J connectivity index is 7.60. The van der Waals surface area contributed by atoms with E-state index in [1.54, 1.807) is 0 Å². The molecular formula is C16HF30O. The van der Waals surface area contributed by atoms with Crippen molar-refractivity contribution >= 4 is 6.29 Å². The minimum absolute atomic E-state index is 1.61. The number of rotatable bonds is 15. The van der Waals surface area contributed by atoms with Gasteiger partial charge in [-0.3, -0.25) is 4.79 Å². The van der Waals surface area contributed by atoms with E-state index in [0.717, 1.165) is 0 Å². The van der Waals surface area contributed by atoms with Gasteiger partial charge >= 0.3 is 89.3 Å². The van der Waals surface area contributed by atoms with Gasteiger partial charge in [0, 0.05) is 0 Å². The molecule has 0 unspecified atom stereocenters. The van der Waals surface area contributed by atoms with Crippen molar-refractivity contribution in [3.05, 3.63) is 0 Å². The van der Waals surface area contributed by atoms with Crippen LogP contribution in [0.4, 0.5) is 132 Å². The lowest BCUT2D eigenvalue weighted by molar-refractivity contribution is -0.485. The molecule has 0 saturated carbocycles. The first-order valence-electron chi connectivity index (χ1n) is 9.72. The molecule has 0 saturated heterocycles. The molecule has 0 aromatic rings. The van der Waals surface area contributed by atoms with E-state index < -0.39 is 95.6 Å². The van der Waals surface area contributed by atoms with Gasteiger partial charge < -0.3 is 0 Å². The fraction of sp³-hybridized carbons (Fsp3) is 0.938. The van der Waals surface area contributed by atoms with Crippen molar-refractivity contribution in [3.63, 3.8) is 0 Å². The van der Waals surface area contributed by atoms with Crippen molar-refractivity contribution in [2.75, 3.05) is 0 Å². The predicted molar refractivity (Wildman–Crippen MR) is 81.0 cm³/mol. The van der Waals surface area contributed by atoms with Crippen molar-refractivity contribution in [1.29, 1.82) is 0 Å². The summed E-state index contributed by atoms with van der Waals surface area (Å²) in [5.41, 5.74) is 0. The smallest absolute Gasteiger partial charge is 0.283 e. The molecule has 31 heteroatoms. The molecule has 0 atom stereocenters. The summed E-state index contributed by atoms with van der Waals surface area (Å²) < 4.78 is 397. The van der Waals surface area contributed by atoms with E-state index >= 15 is 0 Å². The van der Waals surface area contributed by atoms with Gasteiger partial charge in [0.25, 0.3) is 6.29 Å². The second-order valence-corrected chi connectivity index (χ2v) is 8.49. The minimum Gasteiger partial charge on any atom is -0.283 e. The van der Waals surface area contributed by atoms with Crippen LogP contribution < -0.4 is 0 Å². The zero-order chi connectivity index (χ0) is 39.3. The molecule has 0 heterocycles. The Bertz CT molecular complexity index is 1160. The SMILES string of the molecule is O=[C]C(F)(F)C(F)(F)C(F)(F)C(F)(F)C(F)(F)C(F)(F)C(F)(F)C(F)(F)C(F)(F)C(F)(F)C(F)(F)C(F)(F)C(F)(F)C(F)(F)C(F)F. The number of halogens is 30. The summed E-state index contributed by atoms with van der Waals surface area (Å²) in [4.78, 5) is 9.61. The second kappa shape index (κ2) is 10.8. The normalized spacial score (nSPS) is 17.0. The van der Waals surface area contributed by atoms with Crippen LogP contribution in [0.3, 0.4) is 0 Å². The molecule has 1 radical (unpaired) electrons. The highest BCUT2D eigenvalue weighted by molar-refractivity contribution is 5.63. The first-order valence-corrected chi connectivity index (χ1v) is 9.72. The van der Waals surface area contributed by atoms with E-state index in [2.05, 4.69) is 0 Å². The average molecular weight is 779 g/mol. The largest absolute Gasteiger partial charge is 0.386 e. The van der Waals surface area contributed by atoms with Crippen LogP contribution in [0, 0.1) is 0 Å². The molecule has 0 fully saturated rings. The second-order valence-electron chi connectivity index (χ2n) is 8.49. The molecule has 0 aliphatic rings. The van der Waals surface area contributed by atoms with Crippen LogP contribution in [0.5, 0.6) is 0 Å². The molecule has 0 aliphatic heterocycles. The van der Waals surface area contributed by atoms with E-state index in [4.69, 9.17) is 0 Å². The Morgan fingerprint density at radius 2 is 0.426 bits per heavy atom. The van der Waals surface area contributed by atoms with Crippen LogP contribution in [0.1, 0.15) is 0 Å². The summed E-state index contributed by atoms with van der Waals surface area (Å²) >= 11 is 0. The van der Waals surface area contributed by atoms with Crippen LogP contribution >= 0.6 is 0 Å². The van der Waals surface area contributed by atoms with Crippen LogP contribution in [0.25, 0.3) is 0 Å². The van der Waals surface area contributed by atoms with Gasteiger partial charge in [-0.2, -0.15) is 123 Å². The molecule has 281 valence electrons. The van der Waals surface area contributed by atoms with Crippen molar-refractivity contribution in [2.45, 2.75) is 89.3 Å². The third-order valence-electron chi connectivity index (χ3n) is 5.55. The highest BCUT2D eigenvalue weighted by Gasteiger charge is 3.01. The van der Waals surface area contributed by atoms with Gasteiger partial charge in [0.1, 0.15) is 0 Å². The van der Waals surface area contributed by atoms with Crippen molar-refractivity contribution in [2.24, 2.45) is 0 Å². The molecule has 0 aromatic heterocycles. The van der Waals surface area contributed by atoms with Gasteiger partial charge in [-0.25, -0.2) is 8.78 Å². The lowest BCUT2D eigenvalue weighted by Gasteiger charge is -2.46. The first kappa shape index (κ1) is 44.6. The van der Waals surface area contributed by atoms with Crippen LogP contribution in [0.2, 0.25) is 0 Å². The topological polar surface area (TPSA) is 17.1 Å². The molecule has 0 amide bonds. The molecule has 0 aliphatic carbocycles. The Morgan fingerprint density at radius 3 is 0.574 bits per heavy atom. The maximum absolute atomic E-state index is 13.7. The van der Waals surface area contributed by atoms with Gasteiger partial charge in [0.05, 0.1) is 0 Å². The summed E-state index contributed by atoms with van der Waals surface area (Å²) in [6, 6.07) is 0. The van der Waals surface area contributed by atoms with E-state index in [1.807, 2.05) is 0 Å². The highest BCUT2D eigenvalue weighted by atomic mass is 19.4. The Hall–Kier alpha value is -2.43. The van der Waals surface area contributed by atoms with Gasteiger partial charge in [0.15, 0.2) is 0 Å². The van der Waals surface area contributed by atoms with E-state index in [9.17, 15) is 137 Å². The quantitative estimate of drug-likeness (QED) is 0.152. The summed E-state index contributed by atoms with van der Waals surface area (Å²) in [5.74, 6) is -131.